The average Bonchev–Trinajstić information content (AvgIpc) is 2.16. The lowest BCUT2D eigenvalue weighted by Gasteiger charge is -2.28. The van der Waals surface area contributed by atoms with Crippen molar-refractivity contribution in [3.8, 4) is 0 Å². The number of rotatable bonds is 3. The highest BCUT2D eigenvalue weighted by molar-refractivity contribution is 5.84. The van der Waals surface area contributed by atoms with Crippen LogP contribution in [0.15, 0.2) is 12.2 Å². The zero-order chi connectivity index (χ0) is 11.4. The predicted molar refractivity (Wildman–Crippen MR) is 53.6 cm³/mol. The summed E-state index contributed by atoms with van der Waals surface area (Å²) in [4.78, 5) is 22.5. The van der Waals surface area contributed by atoms with Crippen molar-refractivity contribution in [3.63, 3.8) is 0 Å². The van der Waals surface area contributed by atoms with Crippen molar-refractivity contribution in [3.05, 3.63) is 12.2 Å². The van der Waals surface area contributed by atoms with Crippen LogP contribution >= 0.6 is 0 Å². The molecule has 0 heterocycles. The molecule has 1 aliphatic rings. The Morgan fingerprint density at radius 3 is 2.27 bits per heavy atom. The van der Waals surface area contributed by atoms with Gasteiger partial charge in [0, 0.05) is 23.8 Å². The molecular formula is C11H16NO3-. The van der Waals surface area contributed by atoms with Crippen LogP contribution in [0, 0.1) is 11.8 Å². The van der Waals surface area contributed by atoms with Gasteiger partial charge in [0.05, 0.1) is 0 Å². The molecule has 0 bridgehead atoms. The molecule has 0 fully saturated rings. The van der Waals surface area contributed by atoms with Crippen LogP contribution in [0.2, 0.25) is 0 Å². The quantitative estimate of drug-likeness (QED) is 0.658. The molecule has 15 heavy (non-hydrogen) atoms. The van der Waals surface area contributed by atoms with E-state index in [1.807, 2.05) is 19.9 Å². The summed E-state index contributed by atoms with van der Waals surface area (Å²) in [6.45, 7) is 3.70. The molecule has 0 unspecified atom stereocenters. The first-order chi connectivity index (χ1) is 7.02. The third-order valence-electron chi connectivity index (χ3n) is 2.50. The second-order valence-corrected chi connectivity index (χ2v) is 4.14. The Kier molecular flexibility index (Phi) is 3.88. The zero-order valence-corrected chi connectivity index (χ0v) is 9.03. The smallest absolute Gasteiger partial charge is 0.224 e. The summed E-state index contributed by atoms with van der Waals surface area (Å²) in [5, 5.41) is 13.6. The van der Waals surface area contributed by atoms with Crippen molar-refractivity contribution in [1.82, 2.24) is 5.32 Å². The third kappa shape index (κ3) is 3.08. The molecule has 0 aromatic rings. The molecule has 1 aliphatic carbocycles. The fraction of sp³-hybridized carbons (Fsp3) is 0.636. The van der Waals surface area contributed by atoms with E-state index in [9.17, 15) is 14.7 Å². The van der Waals surface area contributed by atoms with Crippen LogP contribution in [0.3, 0.4) is 0 Å². The number of aliphatic carboxylic acids is 1. The van der Waals surface area contributed by atoms with E-state index >= 15 is 0 Å². The van der Waals surface area contributed by atoms with E-state index in [1.165, 1.54) is 0 Å². The van der Waals surface area contributed by atoms with Crippen LogP contribution in [0.25, 0.3) is 0 Å². The molecule has 1 rings (SSSR count). The maximum Gasteiger partial charge on any atom is 0.224 e. The highest BCUT2D eigenvalue weighted by Gasteiger charge is 2.29. The monoisotopic (exact) mass is 210 g/mol. The lowest BCUT2D eigenvalue weighted by atomic mass is 9.82. The summed E-state index contributed by atoms with van der Waals surface area (Å²) < 4.78 is 0. The Labute approximate surface area is 89.4 Å². The lowest BCUT2D eigenvalue weighted by Crippen LogP contribution is -2.45. The van der Waals surface area contributed by atoms with Crippen LogP contribution in [-0.4, -0.2) is 17.9 Å². The van der Waals surface area contributed by atoms with Crippen molar-refractivity contribution in [2.24, 2.45) is 11.8 Å². The highest BCUT2D eigenvalue weighted by Crippen LogP contribution is 2.25. The fourth-order valence-electron chi connectivity index (χ4n) is 1.76. The molecular weight excluding hydrogens is 194 g/mol. The Balaban J connectivity index is 2.69. The number of carboxylic acids is 1. The summed E-state index contributed by atoms with van der Waals surface area (Å²) in [5.41, 5.74) is 0. The van der Waals surface area contributed by atoms with Gasteiger partial charge in [0.25, 0.3) is 0 Å². The molecule has 2 atom stereocenters. The minimum Gasteiger partial charge on any atom is -0.550 e. The number of allylic oxidation sites excluding steroid dienone is 2. The minimum atomic E-state index is -1.14. The van der Waals surface area contributed by atoms with Gasteiger partial charge in [0.1, 0.15) is 0 Å². The topological polar surface area (TPSA) is 69.2 Å². The van der Waals surface area contributed by atoms with Gasteiger partial charge in [-0.05, 0) is 26.7 Å². The number of hydrogen-bond donors (Lipinski definition) is 1. The first kappa shape index (κ1) is 11.8. The number of carbonyl (C=O) groups excluding carboxylic acids is 2. The molecule has 1 amide bonds. The van der Waals surface area contributed by atoms with Gasteiger partial charge < -0.3 is 15.2 Å². The molecule has 1 N–H and O–H groups in total. The number of amides is 1. The van der Waals surface area contributed by atoms with E-state index in [2.05, 4.69) is 5.32 Å². The number of carbonyl (C=O) groups is 2. The number of carboxylic acid groups (broad SMARTS) is 1. The SMILES string of the molecule is CC(C)NC(=O)[C@H]1CC=CC[C@@H]1C(=O)[O-]. The second kappa shape index (κ2) is 4.96. The molecule has 0 spiro atoms. The van der Waals surface area contributed by atoms with E-state index < -0.39 is 17.8 Å². The van der Waals surface area contributed by atoms with Crippen LogP contribution in [0.1, 0.15) is 26.7 Å². The van der Waals surface area contributed by atoms with E-state index in [-0.39, 0.29) is 11.9 Å². The predicted octanol–water partition coefficient (Wildman–Crippen LogP) is -0.157. The molecule has 0 saturated heterocycles. The van der Waals surface area contributed by atoms with Crippen LogP contribution in [0.4, 0.5) is 0 Å². The van der Waals surface area contributed by atoms with Gasteiger partial charge in [-0.3, -0.25) is 4.79 Å². The second-order valence-electron chi connectivity index (χ2n) is 4.14. The third-order valence-corrected chi connectivity index (χ3v) is 2.50. The summed E-state index contributed by atoms with van der Waals surface area (Å²) in [6, 6.07) is 0.0332. The molecule has 0 aromatic carbocycles. The van der Waals surface area contributed by atoms with Crippen molar-refractivity contribution >= 4 is 11.9 Å². The Morgan fingerprint density at radius 1 is 1.27 bits per heavy atom. The fourth-order valence-corrected chi connectivity index (χ4v) is 1.76. The number of nitrogens with one attached hydrogen (secondary N) is 1. The van der Waals surface area contributed by atoms with E-state index in [1.54, 1.807) is 6.08 Å². The van der Waals surface area contributed by atoms with E-state index in [4.69, 9.17) is 0 Å². The van der Waals surface area contributed by atoms with E-state index in [0.717, 1.165) is 0 Å². The highest BCUT2D eigenvalue weighted by atomic mass is 16.4. The summed E-state index contributed by atoms with van der Waals surface area (Å²) in [5.74, 6) is -2.50. The maximum atomic E-state index is 11.7. The standard InChI is InChI=1S/C11H17NO3/c1-7(2)12-10(13)8-5-3-4-6-9(8)11(14)15/h3-4,7-9H,5-6H2,1-2H3,(H,12,13)(H,14,15)/p-1/t8-,9-/m0/s1. The largest absolute Gasteiger partial charge is 0.550 e. The van der Waals surface area contributed by atoms with Gasteiger partial charge in [-0.1, -0.05) is 12.2 Å². The summed E-state index contributed by atoms with van der Waals surface area (Å²) in [7, 11) is 0. The molecule has 0 aliphatic heterocycles. The first-order valence-corrected chi connectivity index (χ1v) is 5.18. The van der Waals surface area contributed by atoms with Gasteiger partial charge in [-0.15, -0.1) is 0 Å². The number of hydrogen-bond acceptors (Lipinski definition) is 3. The average molecular weight is 210 g/mol. The van der Waals surface area contributed by atoms with Crippen LogP contribution < -0.4 is 10.4 Å². The molecule has 4 heteroatoms. The zero-order valence-electron chi connectivity index (χ0n) is 9.03. The maximum absolute atomic E-state index is 11.7. The van der Waals surface area contributed by atoms with Gasteiger partial charge in [0.2, 0.25) is 5.91 Å². The molecule has 0 saturated carbocycles. The molecule has 4 nitrogen and oxygen atoms in total. The van der Waals surface area contributed by atoms with Crippen LogP contribution in [0.5, 0.6) is 0 Å². The van der Waals surface area contributed by atoms with E-state index in [0.29, 0.717) is 12.8 Å². The van der Waals surface area contributed by atoms with Crippen molar-refractivity contribution in [1.29, 1.82) is 0 Å². The van der Waals surface area contributed by atoms with Crippen LogP contribution in [-0.2, 0) is 9.59 Å². The van der Waals surface area contributed by atoms with Gasteiger partial charge >= 0.3 is 0 Å². The normalized spacial score (nSPS) is 25.3. The van der Waals surface area contributed by atoms with Gasteiger partial charge in [0.15, 0.2) is 0 Å². The Hall–Kier alpha value is -1.32. The summed E-state index contributed by atoms with van der Waals surface area (Å²) in [6.07, 6.45) is 4.51. The molecule has 84 valence electrons. The van der Waals surface area contributed by atoms with Crippen molar-refractivity contribution < 1.29 is 14.7 Å². The van der Waals surface area contributed by atoms with Crippen molar-refractivity contribution in [2.45, 2.75) is 32.7 Å². The lowest BCUT2D eigenvalue weighted by molar-refractivity contribution is -0.313. The van der Waals surface area contributed by atoms with Gasteiger partial charge in [-0.2, -0.15) is 0 Å². The van der Waals surface area contributed by atoms with Crippen molar-refractivity contribution in [2.75, 3.05) is 0 Å². The first-order valence-electron chi connectivity index (χ1n) is 5.18. The minimum absolute atomic E-state index is 0.0332. The summed E-state index contributed by atoms with van der Waals surface area (Å²) >= 11 is 0. The molecule has 0 radical (unpaired) electrons. The van der Waals surface area contributed by atoms with Gasteiger partial charge in [-0.25, -0.2) is 0 Å². The molecule has 0 aromatic heterocycles. The Morgan fingerprint density at radius 2 is 1.80 bits per heavy atom. The Bertz CT molecular complexity index is 284.